The standard InChI is InChI=1S/C13H23NO/c1-9(15)12-8-10-6-5-7-11(10)14(12)13(2,3)4/h10-12H,5-8H2,1-4H3. The minimum atomic E-state index is 0.139. The maximum atomic E-state index is 11.7. The third-order valence-electron chi connectivity index (χ3n) is 4.08. The highest BCUT2D eigenvalue weighted by molar-refractivity contribution is 5.82. The van der Waals surface area contributed by atoms with Gasteiger partial charge in [0.1, 0.15) is 5.78 Å². The molecule has 1 aliphatic carbocycles. The molecule has 86 valence electrons. The first-order chi connectivity index (χ1) is 6.91. The van der Waals surface area contributed by atoms with Crippen LogP contribution in [0.3, 0.4) is 0 Å². The summed E-state index contributed by atoms with van der Waals surface area (Å²) in [4.78, 5) is 14.2. The second kappa shape index (κ2) is 3.58. The number of hydrogen-bond acceptors (Lipinski definition) is 2. The molecule has 1 aliphatic heterocycles. The molecule has 2 heteroatoms. The Hall–Kier alpha value is -0.370. The van der Waals surface area contributed by atoms with Crippen LogP contribution in [0.5, 0.6) is 0 Å². The summed E-state index contributed by atoms with van der Waals surface area (Å²) in [5.74, 6) is 1.15. The third-order valence-corrected chi connectivity index (χ3v) is 4.08. The van der Waals surface area contributed by atoms with E-state index >= 15 is 0 Å². The lowest BCUT2D eigenvalue weighted by molar-refractivity contribution is -0.123. The van der Waals surface area contributed by atoms with Crippen molar-refractivity contribution in [3.63, 3.8) is 0 Å². The lowest BCUT2D eigenvalue weighted by Gasteiger charge is -2.40. The number of carbonyl (C=O) groups is 1. The summed E-state index contributed by atoms with van der Waals surface area (Å²) in [6.07, 6.45) is 5.09. The van der Waals surface area contributed by atoms with Crippen molar-refractivity contribution >= 4 is 5.78 Å². The predicted molar refractivity (Wildman–Crippen MR) is 61.8 cm³/mol. The van der Waals surface area contributed by atoms with E-state index in [-0.39, 0.29) is 11.6 Å². The molecule has 0 aromatic carbocycles. The fraction of sp³-hybridized carbons (Fsp3) is 0.923. The molecule has 2 rings (SSSR count). The van der Waals surface area contributed by atoms with E-state index in [0.29, 0.717) is 11.8 Å². The molecule has 3 atom stereocenters. The summed E-state index contributed by atoms with van der Waals surface area (Å²) in [6.45, 7) is 8.47. The summed E-state index contributed by atoms with van der Waals surface area (Å²) < 4.78 is 0. The fourth-order valence-electron chi connectivity index (χ4n) is 3.62. The smallest absolute Gasteiger partial charge is 0.146 e. The summed E-state index contributed by atoms with van der Waals surface area (Å²) in [5.41, 5.74) is 0.139. The van der Waals surface area contributed by atoms with E-state index in [1.807, 2.05) is 0 Å². The number of fused-ring (bicyclic) bond motifs is 1. The van der Waals surface area contributed by atoms with Crippen molar-refractivity contribution in [3.8, 4) is 0 Å². The fourth-order valence-corrected chi connectivity index (χ4v) is 3.62. The third kappa shape index (κ3) is 1.84. The van der Waals surface area contributed by atoms with E-state index in [2.05, 4.69) is 25.7 Å². The second-order valence-electron chi connectivity index (χ2n) is 6.20. The predicted octanol–water partition coefficient (Wildman–Crippen LogP) is 2.62. The first kappa shape index (κ1) is 11.1. The molecular weight excluding hydrogens is 186 g/mol. The highest BCUT2D eigenvalue weighted by atomic mass is 16.1. The van der Waals surface area contributed by atoms with Crippen molar-refractivity contribution in [2.24, 2.45) is 5.92 Å². The molecule has 0 aromatic heterocycles. The summed E-state index contributed by atoms with van der Waals surface area (Å²) >= 11 is 0. The van der Waals surface area contributed by atoms with Gasteiger partial charge in [-0.05, 0) is 52.9 Å². The van der Waals surface area contributed by atoms with Crippen molar-refractivity contribution < 1.29 is 4.79 Å². The number of hydrogen-bond donors (Lipinski definition) is 0. The number of carbonyl (C=O) groups excluding carboxylic acids is 1. The largest absolute Gasteiger partial charge is 0.298 e. The van der Waals surface area contributed by atoms with Crippen LogP contribution in [0.4, 0.5) is 0 Å². The minimum Gasteiger partial charge on any atom is -0.298 e. The molecular formula is C13H23NO. The maximum Gasteiger partial charge on any atom is 0.146 e. The van der Waals surface area contributed by atoms with Crippen LogP contribution in [0, 0.1) is 5.92 Å². The van der Waals surface area contributed by atoms with E-state index in [0.717, 1.165) is 12.3 Å². The molecule has 0 spiro atoms. The highest BCUT2D eigenvalue weighted by Crippen LogP contribution is 2.44. The molecule has 1 heterocycles. The van der Waals surface area contributed by atoms with Gasteiger partial charge < -0.3 is 0 Å². The van der Waals surface area contributed by atoms with Crippen LogP contribution < -0.4 is 0 Å². The number of likely N-dealkylation sites (tertiary alicyclic amines) is 1. The average Bonchev–Trinajstić information content (AvgIpc) is 2.56. The Kier molecular flexibility index (Phi) is 2.66. The molecule has 1 saturated carbocycles. The monoisotopic (exact) mass is 209 g/mol. The number of Topliss-reactive ketones (excluding diaryl/α,β-unsaturated/α-hetero) is 1. The van der Waals surface area contributed by atoms with Crippen LogP contribution in [0.1, 0.15) is 53.4 Å². The molecule has 0 bridgehead atoms. The molecule has 15 heavy (non-hydrogen) atoms. The topological polar surface area (TPSA) is 20.3 Å². The maximum absolute atomic E-state index is 11.7. The molecule has 0 aromatic rings. The van der Waals surface area contributed by atoms with Gasteiger partial charge in [0.15, 0.2) is 0 Å². The SMILES string of the molecule is CC(=O)C1CC2CCCC2N1C(C)(C)C. The Morgan fingerprint density at radius 2 is 1.93 bits per heavy atom. The van der Waals surface area contributed by atoms with E-state index < -0.39 is 0 Å². The zero-order chi connectivity index (χ0) is 11.2. The molecule has 0 amide bonds. The van der Waals surface area contributed by atoms with Gasteiger partial charge >= 0.3 is 0 Å². The van der Waals surface area contributed by atoms with Gasteiger partial charge in [-0.1, -0.05) is 6.42 Å². The van der Waals surface area contributed by atoms with E-state index in [1.54, 1.807) is 6.92 Å². The molecule has 2 fully saturated rings. The van der Waals surface area contributed by atoms with Gasteiger partial charge in [-0.15, -0.1) is 0 Å². The quantitative estimate of drug-likeness (QED) is 0.661. The molecule has 2 nitrogen and oxygen atoms in total. The van der Waals surface area contributed by atoms with Crippen LogP contribution >= 0.6 is 0 Å². The van der Waals surface area contributed by atoms with Gasteiger partial charge in [0.05, 0.1) is 6.04 Å². The number of rotatable bonds is 1. The van der Waals surface area contributed by atoms with Crippen LogP contribution in [-0.2, 0) is 4.79 Å². The number of nitrogens with zero attached hydrogens (tertiary/aromatic N) is 1. The summed E-state index contributed by atoms with van der Waals surface area (Å²) in [6, 6.07) is 0.874. The van der Waals surface area contributed by atoms with Gasteiger partial charge in [0.25, 0.3) is 0 Å². The van der Waals surface area contributed by atoms with Crippen LogP contribution in [0.25, 0.3) is 0 Å². The van der Waals surface area contributed by atoms with Gasteiger partial charge in [-0.3, -0.25) is 9.69 Å². The lowest BCUT2D eigenvalue weighted by atomic mass is 10.0. The Labute approximate surface area is 93.0 Å². The van der Waals surface area contributed by atoms with Crippen LogP contribution in [0.15, 0.2) is 0 Å². The Morgan fingerprint density at radius 1 is 1.27 bits per heavy atom. The first-order valence-electron chi connectivity index (χ1n) is 6.20. The van der Waals surface area contributed by atoms with E-state index in [1.165, 1.54) is 19.3 Å². The Bertz CT molecular complexity index is 266. The van der Waals surface area contributed by atoms with Crippen molar-refractivity contribution in [1.29, 1.82) is 0 Å². The van der Waals surface area contributed by atoms with Gasteiger partial charge in [-0.25, -0.2) is 0 Å². The molecule has 2 aliphatic rings. The summed E-state index contributed by atoms with van der Waals surface area (Å²) in [5, 5.41) is 0. The van der Waals surface area contributed by atoms with Gasteiger partial charge in [0.2, 0.25) is 0 Å². The molecule has 1 saturated heterocycles. The number of ketones is 1. The zero-order valence-corrected chi connectivity index (χ0v) is 10.4. The van der Waals surface area contributed by atoms with E-state index in [4.69, 9.17) is 0 Å². The van der Waals surface area contributed by atoms with Crippen molar-refractivity contribution in [3.05, 3.63) is 0 Å². The second-order valence-corrected chi connectivity index (χ2v) is 6.20. The molecule has 0 radical (unpaired) electrons. The van der Waals surface area contributed by atoms with Gasteiger partial charge in [0, 0.05) is 11.6 Å². The van der Waals surface area contributed by atoms with Crippen LogP contribution in [0.2, 0.25) is 0 Å². The van der Waals surface area contributed by atoms with Gasteiger partial charge in [-0.2, -0.15) is 0 Å². The first-order valence-corrected chi connectivity index (χ1v) is 6.20. The average molecular weight is 209 g/mol. The highest BCUT2D eigenvalue weighted by Gasteiger charge is 2.48. The minimum absolute atomic E-state index is 0.139. The zero-order valence-electron chi connectivity index (χ0n) is 10.4. The normalized spacial score (nSPS) is 36.9. The molecule has 3 unspecified atom stereocenters. The van der Waals surface area contributed by atoms with Crippen molar-refractivity contribution in [2.75, 3.05) is 0 Å². The Morgan fingerprint density at radius 3 is 2.47 bits per heavy atom. The van der Waals surface area contributed by atoms with E-state index in [9.17, 15) is 4.79 Å². The van der Waals surface area contributed by atoms with Crippen molar-refractivity contribution in [1.82, 2.24) is 4.90 Å². The van der Waals surface area contributed by atoms with Crippen molar-refractivity contribution in [2.45, 2.75) is 71.0 Å². The van der Waals surface area contributed by atoms with Crippen LogP contribution in [-0.4, -0.2) is 28.3 Å². The summed E-state index contributed by atoms with van der Waals surface area (Å²) in [7, 11) is 0. The Balaban J connectivity index is 2.25. The lowest BCUT2D eigenvalue weighted by Crippen LogP contribution is -2.51. The molecule has 0 N–H and O–H groups in total.